The minimum absolute atomic E-state index is 0.0279. The highest BCUT2D eigenvalue weighted by molar-refractivity contribution is 5.88. The number of methoxy groups -OCH3 is 1. The summed E-state index contributed by atoms with van der Waals surface area (Å²) in [5.41, 5.74) is 6.77. The van der Waals surface area contributed by atoms with E-state index in [0.717, 1.165) is 45.9 Å². The van der Waals surface area contributed by atoms with E-state index in [1.54, 1.807) is 4.90 Å². The van der Waals surface area contributed by atoms with Crippen LogP contribution in [0.3, 0.4) is 0 Å². The van der Waals surface area contributed by atoms with Gasteiger partial charge in [0.2, 0.25) is 11.8 Å². The van der Waals surface area contributed by atoms with Crippen LogP contribution >= 0.6 is 0 Å². The second-order valence-corrected chi connectivity index (χ2v) is 8.37. The van der Waals surface area contributed by atoms with Crippen molar-refractivity contribution in [2.75, 3.05) is 72.7 Å². The van der Waals surface area contributed by atoms with Crippen LogP contribution in [0.25, 0.3) is 0 Å². The Labute approximate surface area is 190 Å². The Morgan fingerprint density at radius 2 is 2.00 bits per heavy atom. The van der Waals surface area contributed by atoms with Gasteiger partial charge in [0.05, 0.1) is 13.2 Å². The Bertz CT molecular complexity index is 714. The first-order valence-corrected chi connectivity index (χ1v) is 11.5. The molecule has 32 heavy (non-hydrogen) atoms. The predicted molar refractivity (Wildman–Crippen MR) is 122 cm³/mol. The highest BCUT2D eigenvalue weighted by Gasteiger charge is 2.41. The summed E-state index contributed by atoms with van der Waals surface area (Å²) in [5, 5.41) is 2.85. The van der Waals surface area contributed by atoms with Crippen LogP contribution in [0.1, 0.15) is 12.0 Å². The Morgan fingerprint density at radius 1 is 1.25 bits per heavy atom. The molecule has 2 saturated heterocycles. The van der Waals surface area contributed by atoms with Crippen molar-refractivity contribution in [3.8, 4) is 0 Å². The van der Waals surface area contributed by atoms with Crippen LogP contribution in [-0.2, 0) is 25.6 Å². The van der Waals surface area contributed by atoms with Gasteiger partial charge in [-0.25, -0.2) is 0 Å². The second-order valence-electron chi connectivity index (χ2n) is 8.37. The van der Waals surface area contributed by atoms with Gasteiger partial charge in [-0.05, 0) is 12.0 Å². The number of likely N-dealkylation sites (tertiary alicyclic amines) is 1. The van der Waals surface area contributed by atoms with Crippen molar-refractivity contribution in [3.05, 3.63) is 35.9 Å². The summed E-state index contributed by atoms with van der Waals surface area (Å²) in [6, 6.07) is 9.93. The van der Waals surface area contributed by atoms with Gasteiger partial charge in [0.1, 0.15) is 12.6 Å². The van der Waals surface area contributed by atoms with E-state index in [9.17, 15) is 9.59 Å². The first-order chi connectivity index (χ1) is 15.6. The Kier molecular flexibility index (Phi) is 9.89. The van der Waals surface area contributed by atoms with Gasteiger partial charge in [0.15, 0.2) is 0 Å². The summed E-state index contributed by atoms with van der Waals surface area (Å²) in [6.45, 7) is 7.24. The van der Waals surface area contributed by atoms with Crippen LogP contribution in [0.4, 0.5) is 0 Å². The van der Waals surface area contributed by atoms with Crippen molar-refractivity contribution in [2.45, 2.75) is 25.0 Å². The predicted octanol–water partition coefficient (Wildman–Crippen LogP) is -0.488. The van der Waals surface area contributed by atoms with E-state index in [2.05, 4.69) is 27.2 Å². The van der Waals surface area contributed by atoms with Gasteiger partial charge in [-0.1, -0.05) is 30.3 Å². The minimum atomic E-state index is -0.504. The maximum atomic E-state index is 12.8. The standard InChI is InChI=1S/C23H37N5O4/c1-31-18-22(29)28-17-20(15-21(28)23(30)25-8-7-24)27(16-19-5-3-2-4-6-19)10-9-26-11-13-32-14-12-26/h2-6,20-21H,7-18,24H2,1H3,(H,25,30). The molecule has 2 fully saturated rings. The van der Waals surface area contributed by atoms with Crippen molar-refractivity contribution in [1.82, 2.24) is 20.0 Å². The normalized spacial score (nSPS) is 21.8. The zero-order chi connectivity index (χ0) is 22.8. The van der Waals surface area contributed by atoms with Crippen molar-refractivity contribution in [1.29, 1.82) is 0 Å². The number of nitrogens with zero attached hydrogens (tertiary/aromatic N) is 3. The number of ether oxygens (including phenoxy) is 2. The maximum absolute atomic E-state index is 12.8. The molecular weight excluding hydrogens is 410 g/mol. The van der Waals surface area contributed by atoms with E-state index >= 15 is 0 Å². The Balaban J connectivity index is 1.73. The molecule has 2 unspecified atom stereocenters. The lowest BCUT2D eigenvalue weighted by Crippen LogP contribution is -2.48. The SMILES string of the molecule is COCC(=O)N1CC(N(CCN2CCOCC2)Cc2ccccc2)CC1C(=O)NCCN. The topological polar surface area (TPSA) is 100 Å². The molecule has 0 radical (unpaired) electrons. The molecule has 2 aliphatic rings. The van der Waals surface area contributed by atoms with E-state index in [4.69, 9.17) is 15.2 Å². The summed E-state index contributed by atoms with van der Waals surface area (Å²) in [7, 11) is 1.50. The maximum Gasteiger partial charge on any atom is 0.249 e. The third-order valence-electron chi connectivity index (χ3n) is 6.17. The molecule has 3 rings (SSSR count). The highest BCUT2D eigenvalue weighted by Crippen LogP contribution is 2.24. The number of amides is 2. The zero-order valence-corrected chi connectivity index (χ0v) is 19.1. The van der Waals surface area contributed by atoms with Crippen LogP contribution in [0, 0.1) is 0 Å². The summed E-state index contributed by atoms with van der Waals surface area (Å²) in [5.74, 6) is -0.300. The molecule has 0 aromatic heterocycles. The van der Waals surface area contributed by atoms with Gasteiger partial charge >= 0.3 is 0 Å². The van der Waals surface area contributed by atoms with Crippen molar-refractivity contribution in [3.63, 3.8) is 0 Å². The Hall–Kier alpha value is -2.04. The number of morpholine rings is 1. The molecule has 0 aliphatic carbocycles. The van der Waals surface area contributed by atoms with Crippen molar-refractivity contribution >= 4 is 11.8 Å². The van der Waals surface area contributed by atoms with E-state index < -0.39 is 6.04 Å². The quantitative estimate of drug-likeness (QED) is 0.472. The van der Waals surface area contributed by atoms with Gasteiger partial charge in [-0.3, -0.25) is 19.4 Å². The number of benzene rings is 1. The molecule has 178 valence electrons. The van der Waals surface area contributed by atoms with E-state index in [1.807, 2.05) is 18.2 Å². The zero-order valence-electron chi connectivity index (χ0n) is 19.1. The summed E-state index contributed by atoms with van der Waals surface area (Å²) < 4.78 is 10.5. The Morgan fingerprint density at radius 3 is 2.69 bits per heavy atom. The number of hydrogen-bond donors (Lipinski definition) is 2. The van der Waals surface area contributed by atoms with E-state index in [-0.39, 0.29) is 24.5 Å². The highest BCUT2D eigenvalue weighted by atomic mass is 16.5. The lowest BCUT2D eigenvalue weighted by Gasteiger charge is -2.33. The van der Waals surface area contributed by atoms with Crippen molar-refractivity contribution < 1.29 is 19.1 Å². The lowest BCUT2D eigenvalue weighted by atomic mass is 10.1. The van der Waals surface area contributed by atoms with Crippen LogP contribution in [-0.4, -0.2) is 111 Å². The average molecular weight is 448 g/mol. The van der Waals surface area contributed by atoms with Gasteiger partial charge in [-0.15, -0.1) is 0 Å². The van der Waals surface area contributed by atoms with Crippen LogP contribution in [0.2, 0.25) is 0 Å². The number of hydrogen-bond acceptors (Lipinski definition) is 7. The summed E-state index contributed by atoms with van der Waals surface area (Å²) in [6.07, 6.45) is 0.599. The fraction of sp³-hybridized carbons (Fsp3) is 0.652. The molecule has 0 saturated carbocycles. The molecule has 9 heteroatoms. The fourth-order valence-electron chi connectivity index (χ4n) is 4.43. The molecule has 2 heterocycles. The molecule has 2 atom stereocenters. The van der Waals surface area contributed by atoms with Crippen molar-refractivity contribution in [2.24, 2.45) is 5.73 Å². The van der Waals surface area contributed by atoms with Crippen LogP contribution in [0.5, 0.6) is 0 Å². The largest absolute Gasteiger partial charge is 0.379 e. The molecule has 1 aromatic carbocycles. The molecular formula is C23H37N5O4. The van der Waals surface area contributed by atoms with Crippen LogP contribution < -0.4 is 11.1 Å². The third-order valence-corrected chi connectivity index (χ3v) is 6.17. The monoisotopic (exact) mass is 447 g/mol. The van der Waals surface area contributed by atoms with Gasteiger partial charge in [0.25, 0.3) is 0 Å². The molecule has 0 spiro atoms. The first kappa shape index (κ1) is 24.6. The lowest BCUT2D eigenvalue weighted by molar-refractivity contribution is -0.141. The summed E-state index contributed by atoms with van der Waals surface area (Å²) in [4.78, 5) is 32.0. The fourth-order valence-corrected chi connectivity index (χ4v) is 4.43. The van der Waals surface area contributed by atoms with Crippen LogP contribution in [0.15, 0.2) is 30.3 Å². The number of nitrogens with two attached hydrogens (primary N) is 1. The molecule has 9 nitrogen and oxygen atoms in total. The molecule has 2 aliphatic heterocycles. The average Bonchev–Trinajstić information content (AvgIpc) is 3.27. The first-order valence-electron chi connectivity index (χ1n) is 11.5. The number of nitrogens with one attached hydrogen (secondary N) is 1. The molecule has 1 aromatic rings. The number of carbonyl (C=O) groups excluding carboxylic acids is 2. The summed E-state index contributed by atoms with van der Waals surface area (Å²) >= 11 is 0. The third kappa shape index (κ3) is 6.98. The molecule has 2 amide bonds. The van der Waals surface area contributed by atoms with E-state index in [0.29, 0.717) is 26.1 Å². The minimum Gasteiger partial charge on any atom is -0.379 e. The number of carbonyl (C=O) groups is 2. The van der Waals surface area contributed by atoms with E-state index in [1.165, 1.54) is 12.7 Å². The smallest absolute Gasteiger partial charge is 0.249 e. The van der Waals surface area contributed by atoms with Gasteiger partial charge in [0, 0.05) is 65.5 Å². The number of rotatable bonds is 11. The molecule has 0 bridgehead atoms. The van der Waals surface area contributed by atoms with Gasteiger partial charge in [-0.2, -0.15) is 0 Å². The second kappa shape index (κ2) is 12.9. The molecule has 3 N–H and O–H groups in total. The van der Waals surface area contributed by atoms with Gasteiger partial charge < -0.3 is 25.4 Å².